The topological polar surface area (TPSA) is 57.5 Å². The summed E-state index contributed by atoms with van der Waals surface area (Å²) in [4.78, 5) is 10.6. The molecule has 0 unspecified atom stereocenters. The van der Waals surface area contributed by atoms with Gasteiger partial charge in [0.15, 0.2) is 0 Å². The Bertz CT molecular complexity index is 502. The highest BCUT2D eigenvalue weighted by Crippen LogP contribution is 2.29. The van der Waals surface area contributed by atoms with Crippen molar-refractivity contribution in [2.45, 2.75) is 13.0 Å². The molecule has 0 spiro atoms. The number of hydrogen-bond donors (Lipinski definition) is 2. The molecule has 0 aliphatic heterocycles. The summed E-state index contributed by atoms with van der Waals surface area (Å²) in [6, 6.07) is 5.54. The van der Waals surface area contributed by atoms with E-state index in [0.717, 1.165) is 21.2 Å². The minimum atomic E-state index is -0.832. The van der Waals surface area contributed by atoms with Gasteiger partial charge in [-0.1, -0.05) is 18.2 Å². The van der Waals surface area contributed by atoms with Crippen LogP contribution >= 0.6 is 11.3 Å². The molecule has 0 saturated carbocycles. The first-order chi connectivity index (χ1) is 7.22. The second kappa shape index (κ2) is 4.00. The molecule has 0 aliphatic carbocycles. The van der Waals surface area contributed by atoms with Gasteiger partial charge in [-0.05, 0) is 21.9 Å². The van der Waals surface area contributed by atoms with E-state index < -0.39 is 5.97 Å². The van der Waals surface area contributed by atoms with Crippen LogP contribution in [-0.2, 0) is 17.8 Å². The highest BCUT2D eigenvalue weighted by atomic mass is 32.1. The number of carboxylic acids is 1. The SMILES string of the molecule is O=C(O)Cc1cccc2c(CO)csc12. The Labute approximate surface area is 90.6 Å². The summed E-state index contributed by atoms with van der Waals surface area (Å²) >= 11 is 1.48. The quantitative estimate of drug-likeness (QED) is 0.835. The molecule has 1 heterocycles. The van der Waals surface area contributed by atoms with Crippen molar-refractivity contribution in [2.75, 3.05) is 0 Å². The first kappa shape index (κ1) is 10.1. The van der Waals surface area contributed by atoms with Crippen LogP contribution in [0.3, 0.4) is 0 Å². The average molecular weight is 222 g/mol. The molecule has 0 bridgehead atoms. The van der Waals surface area contributed by atoms with Gasteiger partial charge in [0.25, 0.3) is 0 Å². The van der Waals surface area contributed by atoms with Gasteiger partial charge >= 0.3 is 5.97 Å². The highest BCUT2D eigenvalue weighted by molar-refractivity contribution is 7.17. The van der Waals surface area contributed by atoms with Crippen molar-refractivity contribution < 1.29 is 15.0 Å². The zero-order valence-corrected chi connectivity index (χ0v) is 8.75. The summed E-state index contributed by atoms with van der Waals surface area (Å²) in [5.41, 5.74) is 1.67. The van der Waals surface area contributed by atoms with Crippen molar-refractivity contribution in [3.8, 4) is 0 Å². The maximum Gasteiger partial charge on any atom is 0.307 e. The van der Waals surface area contributed by atoms with Crippen LogP contribution in [0.4, 0.5) is 0 Å². The van der Waals surface area contributed by atoms with Crippen molar-refractivity contribution >= 4 is 27.4 Å². The van der Waals surface area contributed by atoms with Gasteiger partial charge in [-0.25, -0.2) is 0 Å². The van der Waals surface area contributed by atoms with Crippen molar-refractivity contribution in [3.63, 3.8) is 0 Å². The molecule has 2 aromatic rings. The Hall–Kier alpha value is -1.39. The first-order valence-electron chi connectivity index (χ1n) is 4.53. The van der Waals surface area contributed by atoms with Gasteiger partial charge in [0.05, 0.1) is 13.0 Å². The minimum absolute atomic E-state index is 0.00345. The van der Waals surface area contributed by atoms with Gasteiger partial charge in [-0.3, -0.25) is 4.79 Å². The second-order valence-electron chi connectivity index (χ2n) is 3.28. The van der Waals surface area contributed by atoms with Crippen molar-refractivity contribution in [2.24, 2.45) is 0 Å². The van der Waals surface area contributed by atoms with Crippen LogP contribution in [0.15, 0.2) is 23.6 Å². The Morgan fingerprint density at radius 3 is 2.80 bits per heavy atom. The Morgan fingerprint density at radius 2 is 2.13 bits per heavy atom. The summed E-state index contributed by atoms with van der Waals surface area (Å²) in [6.07, 6.45) is 0.0305. The van der Waals surface area contributed by atoms with E-state index in [1.165, 1.54) is 11.3 Å². The van der Waals surface area contributed by atoms with E-state index in [1.54, 1.807) is 0 Å². The van der Waals surface area contributed by atoms with Crippen LogP contribution in [0.2, 0.25) is 0 Å². The molecule has 0 aliphatic rings. The molecule has 2 rings (SSSR count). The Balaban J connectivity index is 2.56. The molecule has 15 heavy (non-hydrogen) atoms. The number of carbonyl (C=O) groups is 1. The van der Waals surface area contributed by atoms with E-state index >= 15 is 0 Å². The number of thiophene rings is 1. The van der Waals surface area contributed by atoms with Crippen LogP contribution in [-0.4, -0.2) is 16.2 Å². The van der Waals surface area contributed by atoms with E-state index in [1.807, 2.05) is 23.6 Å². The molecular formula is C11H10O3S. The zero-order chi connectivity index (χ0) is 10.8. The molecule has 1 aromatic heterocycles. The fraction of sp³-hybridized carbons (Fsp3) is 0.182. The molecule has 2 N–H and O–H groups in total. The lowest BCUT2D eigenvalue weighted by atomic mass is 10.1. The molecule has 0 amide bonds. The van der Waals surface area contributed by atoms with Crippen molar-refractivity contribution in [3.05, 3.63) is 34.7 Å². The molecule has 78 valence electrons. The lowest BCUT2D eigenvalue weighted by Gasteiger charge is -1.99. The lowest BCUT2D eigenvalue weighted by molar-refractivity contribution is -0.136. The largest absolute Gasteiger partial charge is 0.481 e. The van der Waals surface area contributed by atoms with Crippen LogP contribution in [0.25, 0.3) is 10.1 Å². The fourth-order valence-electron chi connectivity index (χ4n) is 1.59. The molecule has 0 fully saturated rings. The number of benzene rings is 1. The maximum absolute atomic E-state index is 10.6. The van der Waals surface area contributed by atoms with Crippen LogP contribution in [0.1, 0.15) is 11.1 Å². The summed E-state index contributed by atoms with van der Waals surface area (Å²) in [6.45, 7) is -0.00345. The van der Waals surface area contributed by atoms with Gasteiger partial charge in [0.2, 0.25) is 0 Å². The number of fused-ring (bicyclic) bond motifs is 1. The summed E-state index contributed by atoms with van der Waals surface area (Å²) in [5.74, 6) is -0.832. The zero-order valence-electron chi connectivity index (χ0n) is 7.93. The first-order valence-corrected chi connectivity index (χ1v) is 5.41. The molecule has 4 heteroatoms. The number of aliphatic carboxylic acids is 1. The summed E-state index contributed by atoms with van der Waals surface area (Å²) < 4.78 is 0.962. The number of carboxylic acid groups (broad SMARTS) is 1. The number of hydrogen-bond acceptors (Lipinski definition) is 3. The predicted octanol–water partition coefficient (Wildman–Crippen LogP) is 2.02. The predicted molar refractivity (Wildman–Crippen MR) is 59.1 cm³/mol. The number of aliphatic hydroxyl groups is 1. The van der Waals surface area contributed by atoms with Gasteiger partial charge in [-0.2, -0.15) is 0 Å². The third kappa shape index (κ3) is 1.86. The number of aliphatic hydroxyl groups excluding tert-OH is 1. The van der Waals surface area contributed by atoms with Crippen LogP contribution in [0.5, 0.6) is 0 Å². The molecule has 0 saturated heterocycles. The molecule has 0 radical (unpaired) electrons. The molecular weight excluding hydrogens is 212 g/mol. The molecule has 3 nitrogen and oxygen atoms in total. The standard InChI is InChI=1S/C11H10O3S/c12-5-8-6-15-11-7(4-10(13)14)2-1-3-9(8)11/h1-3,6,12H,4-5H2,(H,13,14). The smallest absolute Gasteiger partial charge is 0.307 e. The lowest BCUT2D eigenvalue weighted by Crippen LogP contribution is -1.99. The van der Waals surface area contributed by atoms with Crippen molar-refractivity contribution in [1.82, 2.24) is 0 Å². The fourth-order valence-corrected chi connectivity index (χ4v) is 2.67. The third-order valence-corrected chi connectivity index (χ3v) is 3.39. The second-order valence-corrected chi connectivity index (χ2v) is 4.16. The van der Waals surface area contributed by atoms with Crippen LogP contribution in [0, 0.1) is 0 Å². The van der Waals surface area contributed by atoms with Crippen LogP contribution < -0.4 is 0 Å². The van der Waals surface area contributed by atoms with E-state index in [2.05, 4.69) is 0 Å². The van der Waals surface area contributed by atoms with E-state index in [4.69, 9.17) is 10.2 Å². The average Bonchev–Trinajstić information content (AvgIpc) is 2.61. The van der Waals surface area contributed by atoms with E-state index in [0.29, 0.717) is 0 Å². The van der Waals surface area contributed by atoms with E-state index in [9.17, 15) is 4.79 Å². The van der Waals surface area contributed by atoms with Gasteiger partial charge in [-0.15, -0.1) is 11.3 Å². The highest BCUT2D eigenvalue weighted by Gasteiger charge is 2.09. The normalized spacial score (nSPS) is 10.7. The van der Waals surface area contributed by atoms with Gasteiger partial charge in [0.1, 0.15) is 0 Å². The van der Waals surface area contributed by atoms with Gasteiger partial charge < -0.3 is 10.2 Å². The molecule has 1 aromatic carbocycles. The van der Waals surface area contributed by atoms with Crippen molar-refractivity contribution in [1.29, 1.82) is 0 Å². The molecule has 0 atom stereocenters. The monoisotopic (exact) mass is 222 g/mol. The Morgan fingerprint density at radius 1 is 1.33 bits per heavy atom. The van der Waals surface area contributed by atoms with Gasteiger partial charge in [0, 0.05) is 4.70 Å². The third-order valence-electron chi connectivity index (χ3n) is 2.27. The summed E-state index contributed by atoms with van der Waals surface area (Å²) in [5, 5.41) is 20.7. The van der Waals surface area contributed by atoms with E-state index in [-0.39, 0.29) is 13.0 Å². The number of rotatable bonds is 3. The summed E-state index contributed by atoms with van der Waals surface area (Å²) in [7, 11) is 0. The Kier molecular flexibility index (Phi) is 2.70. The maximum atomic E-state index is 10.6. The minimum Gasteiger partial charge on any atom is -0.481 e.